The van der Waals surface area contributed by atoms with Crippen molar-refractivity contribution in [2.75, 3.05) is 0 Å². The van der Waals surface area contributed by atoms with Crippen LogP contribution in [0.15, 0.2) is 54.6 Å². The molecule has 0 amide bonds. The van der Waals surface area contributed by atoms with Crippen LogP contribution in [-0.2, 0) is 6.61 Å². The van der Waals surface area contributed by atoms with Crippen molar-refractivity contribution in [2.24, 2.45) is 11.7 Å². The van der Waals surface area contributed by atoms with Crippen molar-refractivity contribution in [3.05, 3.63) is 65.7 Å². The molecule has 2 rings (SSSR count). The first-order chi connectivity index (χ1) is 11.1. The molecular weight excluding hydrogens is 286 g/mol. The second kappa shape index (κ2) is 8.70. The molecule has 0 aliphatic rings. The topological polar surface area (TPSA) is 55.5 Å². The number of aliphatic hydroxyl groups excluding tert-OH is 1. The molecule has 2 aromatic carbocycles. The molecule has 0 spiro atoms. The Morgan fingerprint density at radius 1 is 1.00 bits per heavy atom. The van der Waals surface area contributed by atoms with Gasteiger partial charge < -0.3 is 15.6 Å². The smallest absolute Gasteiger partial charge is 0.120 e. The lowest BCUT2D eigenvalue weighted by atomic mass is 9.96. The summed E-state index contributed by atoms with van der Waals surface area (Å²) in [5.74, 6) is 1.34. The van der Waals surface area contributed by atoms with Gasteiger partial charge in [-0.2, -0.15) is 0 Å². The lowest BCUT2D eigenvalue weighted by Gasteiger charge is -2.20. The van der Waals surface area contributed by atoms with Gasteiger partial charge in [0.1, 0.15) is 12.4 Å². The fourth-order valence-electron chi connectivity index (χ4n) is 2.46. The van der Waals surface area contributed by atoms with E-state index in [0.29, 0.717) is 18.9 Å². The molecule has 3 nitrogen and oxygen atoms in total. The maximum atomic E-state index is 10.3. The van der Waals surface area contributed by atoms with E-state index in [1.807, 2.05) is 54.6 Å². The van der Waals surface area contributed by atoms with Crippen molar-refractivity contribution in [2.45, 2.75) is 45.4 Å². The molecule has 0 heterocycles. The highest BCUT2D eigenvalue weighted by molar-refractivity contribution is 5.31. The normalized spacial score (nSPS) is 13.8. The number of hydrogen-bond acceptors (Lipinski definition) is 3. The van der Waals surface area contributed by atoms with Gasteiger partial charge in [-0.15, -0.1) is 0 Å². The summed E-state index contributed by atoms with van der Waals surface area (Å²) in [7, 11) is 0. The Balaban J connectivity index is 1.95. The summed E-state index contributed by atoms with van der Waals surface area (Å²) in [5.41, 5.74) is 8.23. The van der Waals surface area contributed by atoms with Gasteiger partial charge in [-0.05, 0) is 42.0 Å². The molecule has 0 aromatic heterocycles. The summed E-state index contributed by atoms with van der Waals surface area (Å²) in [6.07, 6.45) is 1.16. The minimum Gasteiger partial charge on any atom is -0.489 e. The molecule has 0 unspecified atom stereocenters. The zero-order valence-electron chi connectivity index (χ0n) is 14.0. The molecule has 124 valence electrons. The first-order valence-electron chi connectivity index (χ1n) is 8.26. The minimum absolute atomic E-state index is 0.381. The highest BCUT2D eigenvalue weighted by Gasteiger charge is 2.17. The lowest BCUT2D eigenvalue weighted by molar-refractivity contribution is 0.128. The molecule has 0 aliphatic carbocycles. The summed E-state index contributed by atoms with van der Waals surface area (Å²) in [6, 6.07) is 17.4. The molecule has 0 saturated carbocycles. The van der Waals surface area contributed by atoms with Gasteiger partial charge in [-0.25, -0.2) is 0 Å². The van der Waals surface area contributed by atoms with Gasteiger partial charge in [0, 0.05) is 0 Å². The molecule has 2 atom stereocenters. The van der Waals surface area contributed by atoms with Crippen molar-refractivity contribution >= 4 is 0 Å². The van der Waals surface area contributed by atoms with Crippen LogP contribution in [0.25, 0.3) is 0 Å². The van der Waals surface area contributed by atoms with Crippen molar-refractivity contribution in [1.29, 1.82) is 0 Å². The van der Waals surface area contributed by atoms with Gasteiger partial charge in [0.25, 0.3) is 0 Å². The van der Waals surface area contributed by atoms with Crippen LogP contribution in [0.1, 0.15) is 43.9 Å². The van der Waals surface area contributed by atoms with Crippen LogP contribution < -0.4 is 10.5 Å². The number of ether oxygens (including phenoxy) is 1. The highest BCUT2D eigenvalue weighted by atomic mass is 16.5. The molecule has 3 heteroatoms. The lowest BCUT2D eigenvalue weighted by Crippen LogP contribution is -2.26. The molecule has 3 N–H and O–H groups in total. The maximum absolute atomic E-state index is 10.3. The van der Waals surface area contributed by atoms with E-state index in [1.54, 1.807) is 0 Å². The molecular formula is C20H27NO2. The SMILES string of the molecule is CC(C)CC[C@@H](O)[C@@H](N)c1cccc(OCc2ccccc2)c1. The van der Waals surface area contributed by atoms with Crippen LogP contribution >= 0.6 is 0 Å². The fraction of sp³-hybridized carbons (Fsp3) is 0.400. The number of nitrogens with two attached hydrogens (primary N) is 1. The summed E-state index contributed by atoms with van der Waals surface area (Å²) in [5, 5.41) is 10.3. The zero-order chi connectivity index (χ0) is 16.7. The van der Waals surface area contributed by atoms with Crippen LogP contribution in [0.5, 0.6) is 5.75 Å². The molecule has 0 radical (unpaired) electrons. The first kappa shape index (κ1) is 17.5. The third kappa shape index (κ3) is 5.70. The van der Waals surface area contributed by atoms with Gasteiger partial charge >= 0.3 is 0 Å². The van der Waals surface area contributed by atoms with Crippen LogP contribution in [0.3, 0.4) is 0 Å². The van der Waals surface area contributed by atoms with Crippen molar-refractivity contribution in [3.63, 3.8) is 0 Å². The number of aliphatic hydroxyl groups is 1. The van der Waals surface area contributed by atoms with Crippen LogP contribution in [0, 0.1) is 5.92 Å². The Morgan fingerprint density at radius 3 is 2.43 bits per heavy atom. The van der Waals surface area contributed by atoms with E-state index in [-0.39, 0.29) is 6.04 Å². The Hall–Kier alpha value is -1.84. The van der Waals surface area contributed by atoms with E-state index in [4.69, 9.17) is 10.5 Å². The summed E-state index contributed by atoms with van der Waals surface area (Å²) in [6.45, 7) is 4.82. The third-order valence-electron chi connectivity index (χ3n) is 3.95. The third-order valence-corrected chi connectivity index (χ3v) is 3.95. The van der Waals surface area contributed by atoms with Crippen molar-refractivity contribution in [3.8, 4) is 5.75 Å². The molecule has 23 heavy (non-hydrogen) atoms. The van der Waals surface area contributed by atoms with E-state index < -0.39 is 6.10 Å². The molecule has 0 fully saturated rings. The van der Waals surface area contributed by atoms with Gasteiger partial charge in [-0.1, -0.05) is 56.3 Å². The second-order valence-corrected chi connectivity index (χ2v) is 6.41. The predicted molar refractivity (Wildman–Crippen MR) is 94.2 cm³/mol. The Kier molecular flexibility index (Phi) is 6.63. The van der Waals surface area contributed by atoms with E-state index >= 15 is 0 Å². The number of rotatable bonds is 8. The summed E-state index contributed by atoms with van der Waals surface area (Å²) in [4.78, 5) is 0. The van der Waals surface area contributed by atoms with Crippen molar-refractivity contribution < 1.29 is 9.84 Å². The van der Waals surface area contributed by atoms with E-state index in [1.165, 1.54) is 0 Å². The quantitative estimate of drug-likeness (QED) is 0.772. The molecule has 0 aliphatic heterocycles. The van der Waals surface area contributed by atoms with E-state index in [2.05, 4.69) is 13.8 Å². The average molecular weight is 313 g/mol. The van der Waals surface area contributed by atoms with E-state index in [0.717, 1.165) is 23.3 Å². The van der Waals surface area contributed by atoms with Gasteiger partial charge in [0.2, 0.25) is 0 Å². The number of benzene rings is 2. The Morgan fingerprint density at radius 2 is 1.74 bits per heavy atom. The van der Waals surface area contributed by atoms with Crippen LogP contribution in [-0.4, -0.2) is 11.2 Å². The van der Waals surface area contributed by atoms with Crippen LogP contribution in [0.4, 0.5) is 0 Å². The molecule has 0 bridgehead atoms. The van der Waals surface area contributed by atoms with Gasteiger partial charge in [0.05, 0.1) is 12.1 Å². The highest BCUT2D eigenvalue weighted by Crippen LogP contribution is 2.23. The Bertz CT molecular complexity index is 583. The molecule has 0 saturated heterocycles. The average Bonchev–Trinajstić information content (AvgIpc) is 2.58. The van der Waals surface area contributed by atoms with E-state index in [9.17, 15) is 5.11 Å². The molecule has 2 aromatic rings. The predicted octanol–water partition coefficient (Wildman–Crippen LogP) is 4.06. The first-order valence-corrected chi connectivity index (χ1v) is 8.26. The standard InChI is InChI=1S/C20H27NO2/c1-15(2)11-12-19(22)20(21)17-9-6-10-18(13-17)23-14-16-7-4-3-5-8-16/h3-10,13,15,19-20,22H,11-12,14,21H2,1-2H3/t19-,20+/m1/s1. The monoisotopic (exact) mass is 313 g/mol. The number of hydrogen-bond donors (Lipinski definition) is 2. The summed E-state index contributed by atoms with van der Waals surface area (Å²) >= 11 is 0. The minimum atomic E-state index is -0.526. The fourth-order valence-corrected chi connectivity index (χ4v) is 2.46. The van der Waals surface area contributed by atoms with Crippen LogP contribution in [0.2, 0.25) is 0 Å². The van der Waals surface area contributed by atoms with Crippen molar-refractivity contribution in [1.82, 2.24) is 0 Å². The largest absolute Gasteiger partial charge is 0.489 e. The van der Waals surface area contributed by atoms with Gasteiger partial charge in [-0.3, -0.25) is 0 Å². The summed E-state index contributed by atoms with van der Waals surface area (Å²) < 4.78 is 5.82. The zero-order valence-corrected chi connectivity index (χ0v) is 14.0. The maximum Gasteiger partial charge on any atom is 0.120 e. The second-order valence-electron chi connectivity index (χ2n) is 6.41. The Labute approximate surface area is 139 Å². The van der Waals surface area contributed by atoms with Gasteiger partial charge in [0.15, 0.2) is 0 Å².